The van der Waals surface area contributed by atoms with Crippen LogP contribution in [0.2, 0.25) is 0 Å². The van der Waals surface area contributed by atoms with Crippen LogP contribution in [0.3, 0.4) is 0 Å². The van der Waals surface area contributed by atoms with Gasteiger partial charge in [0.05, 0.1) is 13.7 Å². The van der Waals surface area contributed by atoms with E-state index in [4.69, 9.17) is 18.6 Å². The number of aliphatic hydroxyl groups is 4. The molecule has 0 aliphatic carbocycles. The Morgan fingerprint density at radius 3 is 2.38 bits per heavy atom. The summed E-state index contributed by atoms with van der Waals surface area (Å²) in [4.78, 5) is 12.6. The van der Waals surface area contributed by atoms with Crippen molar-refractivity contribution in [1.82, 2.24) is 0 Å². The van der Waals surface area contributed by atoms with Crippen LogP contribution in [-0.2, 0) is 4.74 Å². The molecule has 182 valence electrons. The van der Waals surface area contributed by atoms with Crippen LogP contribution in [0.15, 0.2) is 39.5 Å². The summed E-state index contributed by atoms with van der Waals surface area (Å²) < 4.78 is 21.7. The number of aromatic hydroxyl groups is 3. The third-order valence-electron chi connectivity index (χ3n) is 5.45. The lowest BCUT2D eigenvalue weighted by molar-refractivity contribution is -0.277. The van der Waals surface area contributed by atoms with Gasteiger partial charge >= 0.3 is 0 Å². The van der Waals surface area contributed by atoms with Crippen LogP contribution in [0.1, 0.15) is 0 Å². The molecule has 5 atom stereocenters. The average molecular weight is 478 g/mol. The first-order valence-corrected chi connectivity index (χ1v) is 10.0. The summed E-state index contributed by atoms with van der Waals surface area (Å²) in [7, 11) is 1.30. The van der Waals surface area contributed by atoms with E-state index in [2.05, 4.69) is 0 Å². The average Bonchev–Trinajstić information content (AvgIpc) is 2.81. The highest BCUT2D eigenvalue weighted by Gasteiger charge is 2.45. The van der Waals surface area contributed by atoms with Crippen LogP contribution < -0.4 is 14.9 Å². The fourth-order valence-electron chi connectivity index (χ4n) is 3.67. The number of phenols is 2. The highest BCUT2D eigenvalue weighted by molar-refractivity contribution is 5.88. The summed E-state index contributed by atoms with van der Waals surface area (Å²) >= 11 is 0. The number of hydrogen-bond acceptors (Lipinski definition) is 12. The Hall–Kier alpha value is -3.55. The zero-order valence-corrected chi connectivity index (χ0v) is 17.7. The summed E-state index contributed by atoms with van der Waals surface area (Å²) in [6, 6.07) is 6.11. The number of methoxy groups -OCH3 is 1. The Labute approximate surface area is 191 Å². The zero-order chi connectivity index (χ0) is 24.7. The largest absolute Gasteiger partial charge is 0.508 e. The minimum Gasteiger partial charge on any atom is -0.508 e. The van der Waals surface area contributed by atoms with E-state index in [-0.39, 0.29) is 39.5 Å². The van der Waals surface area contributed by atoms with E-state index >= 15 is 0 Å². The van der Waals surface area contributed by atoms with Crippen molar-refractivity contribution in [1.29, 1.82) is 0 Å². The van der Waals surface area contributed by atoms with E-state index in [9.17, 15) is 40.5 Å². The van der Waals surface area contributed by atoms with Gasteiger partial charge in [0, 0.05) is 17.7 Å². The van der Waals surface area contributed by atoms with Gasteiger partial charge in [-0.05, 0) is 18.2 Å². The molecule has 1 aromatic heterocycles. The van der Waals surface area contributed by atoms with Crippen LogP contribution in [-0.4, -0.2) is 80.2 Å². The van der Waals surface area contributed by atoms with Crippen molar-refractivity contribution in [3.8, 4) is 40.1 Å². The van der Waals surface area contributed by atoms with E-state index < -0.39 is 54.2 Å². The third-order valence-corrected chi connectivity index (χ3v) is 5.45. The van der Waals surface area contributed by atoms with Gasteiger partial charge in [0.15, 0.2) is 17.3 Å². The summed E-state index contributed by atoms with van der Waals surface area (Å²) in [6.45, 7) is -0.633. The monoisotopic (exact) mass is 478 g/mol. The molecule has 1 saturated heterocycles. The van der Waals surface area contributed by atoms with Gasteiger partial charge in [-0.25, -0.2) is 0 Å². The molecular formula is C22H22O12. The van der Waals surface area contributed by atoms with E-state index in [0.717, 1.165) is 12.1 Å². The topological polar surface area (TPSA) is 200 Å². The van der Waals surface area contributed by atoms with E-state index in [1.54, 1.807) is 0 Å². The molecule has 1 aliphatic rings. The highest BCUT2D eigenvalue weighted by Crippen LogP contribution is 2.39. The lowest BCUT2D eigenvalue weighted by atomic mass is 9.99. The first kappa shape index (κ1) is 23.6. The zero-order valence-electron chi connectivity index (χ0n) is 17.7. The molecule has 4 rings (SSSR count). The smallest absolute Gasteiger partial charge is 0.238 e. The minimum atomic E-state index is -1.65. The Morgan fingerprint density at radius 2 is 1.71 bits per heavy atom. The Balaban J connectivity index is 1.71. The molecule has 34 heavy (non-hydrogen) atoms. The molecule has 12 nitrogen and oxygen atoms in total. The van der Waals surface area contributed by atoms with Crippen molar-refractivity contribution in [2.75, 3.05) is 13.7 Å². The molecular weight excluding hydrogens is 456 g/mol. The normalized spacial score (nSPS) is 24.8. The van der Waals surface area contributed by atoms with Gasteiger partial charge in [0.25, 0.3) is 0 Å². The molecule has 7 N–H and O–H groups in total. The molecule has 1 aliphatic heterocycles. The van der Waals surface area contributed by atoms with E-state index in [1.807, 2.05) is 0 Å². The predicted molar refractivity (Wildman–Crippen MR) is 114 cm³/mol. The fourth-order valence-corrected chi connectivity index (χ4v) is 3.67. The molecule has 0 bridgehead atoms. The summed E-state index contributed by atoms with van der Waals surface area (Å²) in [5.41, 5.74) is -0.928. The lowest BCUT2D eigenvalue weighted by Crippen LogP contribution is -2.60. The summed E-state index contributed by atoms with van der Waals surface area (Å²) in [5, 5.41) is 69.1. The van der Waals surface area contributed by atoms with Gasteiger partial charge < -0.3 is 54.4 Å². The molecule has 2 heterocycles. The molecule has 0 saturated carbocycles. The van der Waals surface area contributed by atoms with Crippen LogP contribution >= 0.6 is 0 Å². The summed E-state index contributed by atoms with van der Waals surface area (Å²) in [6.07, 6.45) is -7.48. The molecule has 0 amide bonds. The number of rotatable bonds is 5. The molecule has 1 fully saturated rings. The third kappa shape index (κ3) is 3.97. The Morgan fingerprint density at radius 1 is 0.971 bits per heavy atom. The second-order valence-electron chi connectivity index (χ2n) is 7.63. The number of hydrogen-bond donors (Lipinski definition) is 7. The van der Waals surface area contributed by atoms with Crippen LogP contribution in [0.25, 0.3) is 22.3 Å². The van der Waals surface area contributed by atoms with Gasteiger partial charge in [0.1, 0.15) is 46.9 Å². The quantitative estimate of drug-likeness (QED) is 0.254. The van der Waals surface area contributed by atoms with Crippen molar-refractivity contribution in [2.45, 2.75) is 30.7 Å². The number of ether oxygens (including phenoxy) is 3. The van der Waals surface area contributed by atoms with Gasteiger partial charge in [-0.2, -0.15) is 0 Å². The van der Waals surface area contributed by atoms with Gasteiger partial charge in [-0.1, -0.05) is 0 Å². The maximum absolute atomic E-state index is 12.6. The first-order chi connectivity index (χ1) is 16.2. The fraction of sp³-hybridized carbons (Fsp3) is 0.318. The van der Waals surface area contributed by atoms with Crippen LogP contribution in [0.5, 0.6) is 28.7 Å². The maximum atomic E-state index is 12.6. The van der Waals surface area contributed by atoms with Crippen molar-refractivity contribution in [2.24, 2.45) is 0 Å². The minimum absolute atomic E-state index is 0.0218. The second kappa shape index (κ2) is 9.00. The molecule has 0 radical (unpaired) electrons. The number of aliphatic hydroxyl groups excluding tert-OH is 4. The molecule has 0 spiro atoms. The molecule has 3 aromatic rings. The SMILES string of the molecule is COc1cc(-c2oc3cc(O)cc(O)c3c(=O)c2O)ccc1O[C@@H]1O[C@H](CO)[C@@H](O)[C@@H](O)[C@H]1O. The van der Waals surface area contributed by atoms with Crippen molar-refractivity contribution in [3.05, 3.63) is 40.6 Å². The molecule has 12 heteroatoms. The first-order valence-electron chi connectivity index (χ1n) is 10.0. The van der Waals surface area contributed by atoms with E-state index in [0.29, 0.717) is 0 Å². The van der Waals surface area contributed by atoms with Crippen LogP contribution in [0, 0.1) is 0 Å². The number of fused-ring (bicyclic) bond motifs is 1. The lowest BCUT2D eigenvalue weighted by Gasteiger charge is -2.39. The van der Waals surface area contributed by atoms with Gasteiger partial charge in [-0.15, -0.1) is 0 Å². The summed E-state index contributed by atoms with van der Waals surface area (Å²) in [5.74, 6) is -1.92. The van der Waals surface area contributed by atoms with Crippen molar-refractivity contribution < 1.29 is 54.4 Å². The van der Waals surface area contributed by atoms with Crippen molar-refractivity contribution in [3.63, 3.8) is 0 Å². The Kier molecular flexibility index (Phi) is 6.25. The molecule has 0 unspecified atom stereocenters. The standard InChI is InChI=1S/C22H22O12/c1-31-12-4-8(21-19(29)17(27)15-10(25)5-9(24)6-13(15)32-21)2-3-11(12)33-22-20(30)18(28)16(26)14(7-23)34-22/h2-6,14,16,18,20,22-26,28-30H,7H2,1H3/t14-,16-,18-,20-,22-/m1/s1. The highest BCUT2D eigenvalue weighted by atomic mass is 16.7. The number of benzene rings is 2. The van der Waals surface area contributed by atoms with E-state index in [1.165, 1.54) is 25.3 Å². The van der Waals surface area contributed by atoms with Gasteiger partial charge in [-0.3, -0.25) is 4.79 Å². The second-order valence-corrected chi connectivity index (χ2v) is 7.63. The molecule has 2 aromatic carbocycles. The van der Waals surface area contributed by atoms with Crippen molar-refractivity contribution >= 4 is 11.0 Å². The Bertz CT molecular complexity index is 1270. The maximum Gasteiger partial charge on any atom is 0.238 e. The van der Waals surface area contributed by atoms with Gasteiger partial charge in [0.2, 0.25) is 17.5 Å². The number of phenolic OH excluding ortho intramolecular Hbond substituents is 2. The van der Waals surface area contributed by atoms with Crippen LogP contribution in [0.4, 0.5) is 0 Å². The predicted octanol–water partition coefficient (Wildman–Crippen LogP) is -0.236.